The lowest BCUT2D eigenvalue weighted by Gasteiger charge is -2.03. The second kappa shape index (κ2) is 8.90. The van der Waals surface area contributed by atoms with Crippen molar-refractivity contribution >= 4 is 23.5 Å². The fourth-order valence-electron chi connectivity index (χ4n) is 1.30. The molecule has 86 valence electrons. The fraction of sp³-hybridized carbons (Fsp3) is 1.00. The van der Waals surface area contributed by atoms with Gasteiger partial charge in [0.2, 0.25) is 0 Å². The standard InChI is InChI=1S/C9H20BrO3P/c10-8-6-4-2-1-3-5-7-9-14(11,12)13/h1-9H2,(H2,11,12,13). The van der Waals surface area contributed by atoms with Crippen LogP contribution in [0.2, 0.25) is 0 Å². The fourth-order valence-corrected chi connectivity index (χ4v) is 2.33. The molecule has 0 aromatic rings. The average Bonchev–Trinajstić information content (AvgIpc) is 2.08. The van der Waals surface area contributed by atoms with E-state index in [-0.39, 0.29) is 6.16 Å². The van der Waals surface area contributed by atoms with Crippen LogP contribution in [-0.2, 0) is 4.57 Å². The molecule has 2 N–H and O–H groups in total. The van der Waals surface area contributed by atoms with E-state index in [1.807, 2.05) is 0 Å². The predicted octanol–water partition coefficient (Wildman–Crippen LogP) is 3.29. The Labute approximate surface area is 94.6 Å². The summed E-state index contributed by atoms with van der Waals surface area (Å²) in [6, 6.07) is 0. The summed E-state index contributed by atoms with van der Waals surface area (Å²) in [5, 5.41) is 1.07. The van der Waals surface area contributed by atoms with Gasteiger partial charge >= 0.3 is 7.60 Å². The van der Waals surface area contributed by atoms with Crippen molar-refractivity contribution in [3.8, 4) is 0 Å². The Morgan fingerprint density at radius 1 is 0.857 bits per heavy atom. The minimum atomic E-state index is -3.74. The molecule has 0 aliphatic rings. The molecule has 0 atom stereocenters. The smallest absolute Gasteiger partial charge is 0.324 e. The summed E-state index contributed by atoms with van der Waals surface area (Å²) in [4.78, 5) is 17.2. The highest BCUT2D eigenvalue weighted by Gasteiger charge is 2.10. The Morgan fingerprint density at radius 2 is 1.29 bits per heavy atom. The molecule has 0 bridgehead atoms. The maximum atomic E-state index is 10.5. The molecule has 0 aliphatic carbocycles. The van der Waals surface area contributed by atoms with E-state index >= 15 is 0 Å². The van der Waals surface area contributed by atoms with Crippen LogP contribution in [-0.4, -0.2) is 21.3 Å². The van der Waals surface area contributed by atoms with Crippen molar-refractivity contribution in [1.29, 1.82) is 0 Å². The lowest BCUT2D eigenvalue weighted by Crippen LogP contribution is -1.88. The van der Waals surface area contributed by atoms with Crippen molar-refractivity contribution in [2.75, 3.05) is 11.5 Å². The largest absolute Gasteiger partial charge is 0.325 e. The Balaban J connectivity index is 3.03. The first-order valence-corrected chi connectivity index (χ1v) is 8.09. The van der Waals surface area contributed by atoms with Crippen LogP contribution in [0.15, 0.2) is 0 Å². The number of hydrogen-bond donors (Lipinski definition) is 2. The van der Waals surface area contributed by atoms with E-state index < -0.39 is 7.60 Å². The normalized spacial score (nSPS) is 11.9. The zero-order valence-electron chi connectivity index (χ0n) is 8.49. The van der Waals surface area contributed by atoms with E-state index in [1.165, 1.54) is 25.7 Å². The highest BCUT2D eigenvalue weighted by atomic mass is 79.9. The molecule has 0 radical (unpaired) electrons. The minimum absolute atomic E-state index is 0.0500. The molecular formula is C9H20BrO3P. The number of halogens is 1. The van der Waals surface area contributed by atoms with Gasteiger partial charge in [0.1, 0.15) is 0 Å². The Morgan fingerprint density at radius 3 is 1.71 bits per heavy atom. The molecule has 0 heterocycles. The maximum Gasteiger partial charge on any atom is 0.325 e. The molecule has 0 aromatic heterocycles. The van der Waals surface area contributed by atoms with Gasteiger partial charge in [-0.3, -0.25) is 4.57 Å². The van der Waals surface area contributed by atoms with Gasteiger partial charge in [0.15, 0.2) is 0 Å². The quantitative estimate of drug-likeness (QED) is 0.388. The molecule has 0 amide bonds. The van der Waals surface area contributed by atoms with Gasteiger partial charge in [-0.2, -0.15) is 0 Å². The summed E-state index contributed by atoms with van der Waals surface area (Å²) in [6.45, 7) is 0. The summed E-state index contributed by atoms with van der Waals surface area (Å²) < 4.78 is 10.5. The van der Waals surface area contributed by atoms with Gasteiger partial charge in [-0.05, 0) is 12.8 Å². The molecule has 0 saturated heterocycles. The third-order valence-electron chi connectivity index (χ3n) is 2.08. The first-order chi connectivity index (χ1) is 6.56. The van der Waals surface area contributed by atoms with Crippen LogP contribution in [0.3, 0.4) is 0 Å². The van der Waals surface area contributed by atoms with E-state index in [9.17, 15) is 4.57 Å². The molecule has 0 unspecified atom stereocenters. The molecule has 0 aromatic carbocycles. The predicted molar refractivity (Wildman–Crippen MR) is 63.0 cm³/mol. The zero-order chi connectivity index (χ0) is 10.9. The molecule has 0 spiro atoms. The molecule has 0 saturated carbocycles. The lowest BCUT2D eigenvalue weighted by molar-refractivity contribution is 0.370. The Kier molecular flexibility index (Phi) is 9.30. The number of hydrogen-bond acceptors (Lipinski definition) is 1. The van der Waals surface area contributed by atoms with Crippen LogP contribution >= 0.6 is 23.5 Å². The second-order valence-corrected chi connectivity index (χ2v) is 6.12. The summed E-state index contributed by atoms with van der Waals surface area (Å²) in [6.07, 6.45) is 7.65. The van der Waals surface area contributed by atoms with Gasteiger partial charge in [-0.1, -0.05) is 48.0 Å². The summed E-state index contributed by atoms with van der Waals surface area (Å²) >= 11 is 3.38. The van der Waals surface area contributed by atoms with Crippen LogP contribution in [0, 0.1) is 0 Å². The van der Waals surface area contributed by atoms with Crippen LogP contribution in [0.5, 0.6) is 0 Å². The van der Waals surface area contributed by atoms with E-state index in [4.69, 9.17) is 9.79 Å². The maximum absolute atomic E-state index is 10.5. The van der Waals surface area contributed by atoms with E-state index in [0.717, 1.165) is 18.2 Å². The van der Waals surface area contributed by atoms with E-state index in [1.54, 1.807) is 0 Å². The van der Waals surface area contributed by atoms with Crippen molar-refractivity contribution in [2.45, 2.75) is 44.9 Å². The molecule has 0 aliphatic heterocycles. The minimum Gasteiger partial charge on any atom is -0.324 e. The van der Waals surface area contributed by atoms with Gasteiger partial charge in [0.25, 0.3) is 0 Å². The third kappa shape index (κ3) is 12.6. The summed E-state index contributed by atoms with van der Waals surface area (Å²) in [5.41, 5.74) is 0. The third-order valence-corrected chi connectivity index (χ3v) is 3.54. The van der Waals surface area contributed by atoms with Crippen molar-refractivity contribution in [3.05, 3.63) is 0 Å². The van der Waals surface area contributed by atoms with Gasteiger partial charge in [-0.15, -0.1) is 0 Å². The zero-order valence-corrected chi connectivity index (χ0v) is 11.0. The Bertz CT molecular complexity index is 169. The van der Waals surface area contributed by atoms with Crippen molar-refractivity contribution in [3.63, 3.8) is 0 Å². The van der Waals surface area contributed by atoms with Crippen LogP contribution in [0.4, 0.5) is 0 Å². The average molecular weight is 287 g/mol. The van der Waals surface area contributed by atoms with Crippen molar-refractivity contribution in [2.24, 2.45) is 0 Å². The SMILES string of the molecule is O=P(O)(O)CCCCCCCCCBr. The van der Waals surface area contributed by atoms with Gasteiger partial charge in [0.05, 0.1) is 0 Å². The van der Waals surface area contributed by atoms with Crippen LogP contribution in [0.1, 0.15) is 44.9 Å². The highest BCUT2D eigenvalue weighted by Crippen LogP contribution is 2.35. The van der Waals surface area contributed by atoms with Gasteiger partial charge < -0.3 is 9.79 Å². The number of alkyl halides is 1. The highest BCUT2D eigenvalue weighted by molar-refractivity contribution is 9.09. The monoisotopic (exact) mass is 286 g/mol. The van der Waals surface area contributed by atoms with Crippen molar-refractivity contribution in [1.82, 2.24) is 0 Å². The number of unbranched alkanes of at least 4 members (excludes halogenated alkanes) is 6. The summed E-state index contributed by atoms with van der Waals surface area (Å²) in [7, 11) is -3.74. The lowest BCUT2D eigenvalue weighted by atomic mass is 10.1. The second-order valence-electron chi connectivity index (χ2n) is 3.55. The van der Waals surface area contributed by atoms with E-state index in [2.05, 4.69) is 15.9 Å². The Hall–Kier alpha value is 0.630. The van der Waals surface area contributed by atoms with Crippen LogP contribution in [0.25, 0.3) is 0 Å². The topological polar surface area (TPSA) is 57.5 Å². The first-order valence-electron chi connectivity index (χ1n) is 5.17. The van der Waals surface area contributed by atoms with Gasteiger partial charge in [-0.25, -0.2) is 0 Å². The molecule has 14 heavy (non-hydrogen) atoms. The molecule has 3 nitrogen and oxygen atoms in total. The van der Waals surface area contributed by atoms with Crippen LogP contribution < -0.4 is 0 Å². The summed E-state index contributed by atoms with van der Waals surface area (Å²) in [5.74, 6) is 0. The number of rotatable bonds is 9. The molecule has 0 rings (SSSR count). The molecular weight excluding hydrogens is 267 g/mol. The van der Waals surface area contributed by atoms with Gasteiger partial charge in [0, 0.05) is 11.5 Å². The van der Waals surface area contributed by atoms with Crippen molar-refractivity contribution < 1.29 is 14.4 Å². The van der Waals surface area contributed by atoms with E-state index in [0.29, 0.717) is 6.42 Å². The molecule has 5 heteroatoms. The molecule has 0 fully saturated rings. The first kappa shape index (κ1) is 14.6.